The van der Waals surface area contributed by atoms with Crippen molar-refractivity contribution in [2.24, 2.45) is 0 Å². The lowest BCUT2D eigenvalue weighted by atomic mass is 10.0. The van der Waals surface area contributed by atoms with Crippen LogP contribution in [0, 0.1) is 6.92 Å². The molecule has 1 saturated heterocycles. The Labute approximate surface area is 162 Å². The molecule has 28 heavy (non-hydrogen) atoms. The van der Waals surface area contributed by atoms with Gasteiger partial charge >= 0.3 is 0 Å². The number of morpholine rings is 1. The minimum absolute atomic E-state index is 0.0587. The fourth-order valence-corrected chi connectivity index (χ4v) is 3.36. The van der Waals surface area contributed by atoms with E-state index < -0.39 is 0 Å². The van der Waals surface area contributed by atoms with Gasteiger partial charge in [0.1, 0.15) is 17.1 Å². The minimum Gasteiger partial charge on any atom is -0.484 e. The molecule has 3 aromatic rings. The number of carbonyl (C=O) groups excluding carboxylic acids is 1. The fraction of sp³-hybridized carbons (Fsp3) is 0.273. The van der Waals surface area contributed by atoms with Gasteiger partial charge in [0.2, 0.25) is 5.43 Å². The molecule has 0 bridgehead atoms. The number of aryl methyl sites for hydroxylation is 1. The molecule has 1 fully saturated rings. The van der Waals surface area contributed by atoms with Crippen molar-refractivity contribution in [2.45, 2.75) is 6.92 Å². The summed E-state index contributed by atoms with van der Waals surface area (Å²) in [6.07, 6.45) is 0. The van der Waals surface area contributed by atoms with Gasteiger partial charge in [0.05, 0.1) is 24.2 Å². The van der Waals surface area contributed by atoms with Crippen LogP contribution in [0.25, 0.3) is 22.1 Å². The molecule has 0 saturated carbocycles. The first-order chi connectivity index (χ1) is 13.6. The number of fused-ring (bicyclic) bond motifs is 1. The predicted octanol–water partition coefficient (Wildman–Crippen LogP) is 3.01. The summed E-state index contributed by atoms with van der Waals surface area (Å²) in [6, 6.07) is 14.5. The highest BCUT2D eigenvalue weighted by atomic mass is 16.5. The van der Waals surface area contributed by atoms with Gasteiger partial charge in [-0.3, -0.25) is 9.59 Å². The van der Waals surface area contributed by atoms with Crippen molar-refractivity contribution >= 4 is 16.9 Å². The number of hydrogen-bond acceptors (Lipinski definition) is 5. The monoisotopic (exact) mass is 379 g/mol. The molecule has 0 radical (unpaired) electrons. The summed E-state index contributed by atoms with van der Waals surface area (Å²) >= 11 is 0. The molecule has 6 heteroatoms. The summed E-state index contributed by atoms with van der Waals surface area (Å²) in [4.78, 5) is 26.9. The molecule has 6 nitrogen and oxygen atoms in total. The third-order valence-corrected chi connectivity index (χ3v) is 4.83. The lowest BCUT2D eigenvalue weighted by Crippen LogP contribution is -2.42. The average Bonchev–Trinajstić information content (AvgIpc) is 2.73. The van der Waals surface area contributed by atoms with Crippen LogP contribution in [0.1, 0.15) is 5.76 Å². The van der Waals surface area contributed by atoms with Crippen molar-refractivity contribution in [1.29, 1.82) is 0 Å². The smallest absolute Gasteiger partial charge is 0.260 e. The van der Waals surface area contributed by atoms with Gasteiger partial charge in [-0.1, -0.05) is 30.3 Å². The van der Waals surface area contributed by atoms with Crippen LogP contribution in [0.5, 0.6) is 5.75 Å². The van der Waals surface area contributed by atoms with Gasteiger partial charge in [0.15, 0.2) is 6.61 Å². The van der Waals surface area contributed by atoms with Crippen molar-refractivity contribution in [3.05, 3.63) is 64.5 Å². The van der Waals surface area contributed by atoms with Crippen LogP contribution in [-0.4, -0.2) is 43.7 Å². The van der Waals surface area contributed by atoms with E-state index in [1.807, 2.05) is 30.3 Å². The molecule has 144 valence electrons. The average molecular weight is 379 g/mol. The number of rotatable bonds is 4. The summed E-state index contributed by atoms with van der Waals surface area (Å²) in [7, 11) is 0. The molecule has 2 heterocycles. The molecule has 0 N–H and O–H groups in total. The standard InChI is InChI=1S/C22H21NO5/c1-15-21(16-5-3-2-4-6-16)22(25)18-8-7-17(13-19(18)28-15)27-14-20(24)23-9-11-26-12-10-23/h2-8,13H,9-12,14H2,1H3. The number of amides is 1. The Balaban J connectivity index is 1.58. The maximum absolute atomic E-state index is 13.0. The van der Waals surface area contributed by atoms with Crippen molar-refractivity contribution in [1.82, 2.24) is 4.90 Å². The van der Waals surface area contributed by atoms with Gasteiger partial charge in [-0.25, -0.2) is 0 Å². The third-order valence-electron chi connectivity index (χ3n) is 4.83. The molecular weight excluding hydrogens is 358 g/mol. The summed E-state index contributed by atoms with van der Waals surface area (Å²) in [6.45, 7) is 3.98. The Bertz CT molecular complexity index is 1050. The second-order valence-electron chi connectivity index (χ2n) is 6.67. The highest BCUT2D eigenvalue weighted by Gasteiger charge is 2.18. The Morgan fingerprint density at radius 1 is 1.11 bits per heavy atom. The zero-order valence-corrected chi connectivity index (χ0v) is 15.6. The number of hydrogen-bond donors (Lipinski definition) is 0. The first-order valence-electron chi connectivity index (χ1n) is 9.24. The van der Waals surface area contributed by atoms with Crippen molar-refractivity contribution in [3.8, 4) is 16.9 Å². The van der Waals surface area contributed by atoms with E-state index in [1.54, 1.807) is 30.0 Å². The molecule has 0 aliphatic carbocycles. The summed E-state index contributed by atoms with van der Waals surface area (Å²) < 4.78 is 16.8. The zero-order chi connectivity index (χ0) is 19.5. The molecule has 2 aromatic carbocycles. The van der Waals surface area contributed by atoms with Crippen LogP contribution in [0.15, 0.2) is 57.7 Å². The topological polar surface area (TPSA) is 69.0 Å². The molecule has 1 aromatic heterocycles. The number of nitrogens with zero attached hydrogens (tertiary/aromatic N) is 1. The Hall–Kier alpha value is -3.12. The van der Waals surface area contributed by atoms with E-state index >= 15 is 0 Å². The Morgan fingerprint density at radius 3 is 2.61 bits per heavy atom. The molecule has 0 unspecified atom stereocenters. The molecule has 1 aliphatic heterocycles. The van der Waals surface area contributed by atoms with Crippen molar-refractivity contribution in [2.75, 3.05) is 32.9 Å². The van der Waals surface area contributed by atoms with E-state index in [2.05, 4.69) is 0 Å². The van der Waals surface area contributed by atoms with E-state index in [0.717, 1.165) is 5.56 Å². The van der Waals surface area contributed by atoms with Crippen LogP contribution in [0.4, 0.5) is 0 Å². The van der Waals surface area contributed by atoms with Gasteiger partial charge in [0.25, 0.3) is 5.91 Å². The van der Waals surface area contributed by atoms with Crippen molar-refractivity contribution < 1.29 is 18.7 Å². The molecule has 0 spiro atoms. The normalized spacial score (nSPS) is 14.2. The van der Waals surface area contributed by atoms with Gasteiger partial charge in [-0.2, -0.15) is 0 Å². The van der Waals surface area contributed by atoms with Gasteiger partial charge < -0.3 is 18.8 Å². The van der Waals surface area contributed by atoms with E-state index in [1.165, 1.54) is 0 Å². The number of benzene rings is 2. The zero-order valence-electron chi connectivity index (χ0n) is 15.6. The highest BCUT2D eigenvalue weighted by Crippen LogP contribution is 2.26. The highest BCUT2D eigenvalue weighted by molar-refractivity contribution is 5.84. The fourth-order valence-electron chi connectivity index (χ4n) is 3.36. The molecule has 0 atom stereocenters. The van der Waals surface area contributed by atoms with Crippen LogP contribution < -0.4 is 10.2 Å². The van der Waals surface area contributed by atoms with E-state index in [9.17, 15) is 9.59 Å². The maximum atomic E-state index is 13.0. The summed E-state index contributed by atoms with van der Waals surface area (Å²) in [5.41, 5.74) is 1.75. The Kier molecular flexibility index (Phi) is 5.12. The quantitative estimate of drug-likeness (QED) is 0.697. The van der Waals surface area contributed by atoms with Crippen LogP contribution in [0.2, 0.25) is 0 Å². The lowest BCUT2D eigenvalue weighted by Gasteiger charge is -2.26. The van der Waals surface area contributed by atoms with E-state index in [0.29, 0.717) is 54.3 Å². The second kappa shape index (κ2) is 7.86. The van der Waals surface area contributed by atoms with Gasteiger partial charge in [0, 0.05) is 19.2 Å². The molecule has 1 aliphatic rings. The van der Waals surface area contributed by atoms with Crippen LogP contribution in [-0.2, 0) is 9.53 Å². The number of ether oxygens (including phenoxy) is 2. The second-order valence-corrected chi connectivity index (χ2v) is 6.67. The summed E-state index contributed by atoms with van der Waals surface area (Å²) in [5.74, 6) is 0.954. The van der Waals surface area contributed by atoms with Gasteiger partial charge in [-0.15, -0.1) is 0 Å². The molecule has 1 amide bonds. The van der Waals surface area contributed by atoms with Crippen molar-refractivity contribution in [3.63, 3.8) is 0 Å². The first-order valence-corrected chi connectivity index (χ1v) is 9.24. The molecular formula is C22H21NO5. The largest absolute Gasteiger partial charge is 0.484 e. The Morgan fingerprint density at radius 2 is 1.86 bits per heavy atom. The first kappa shape index (κ1) is 18.3. The minimum atomic E-state index is -0.0829. The van der Waals surface area contributed by atoms with Crippen LogP contribution in [0.3, 0.4) is 0 Å². The lowest BCUT2D eigenvalue weighted by molar-refractivity contribution is -0.137. The molecule has 4 rings (SSSR count). The van der Waals surface area contributed by atoms with E-state index in [-0.39, 0.29) is 17.9 Å². The third kappa shape index (κ3) is 3.64. The maximum Gasteiger partial charge on any atom is 0.260 e. The number of carbonyl (C=O) groups is 1. The van der Waals surface area contributed by atoms with E-state index in [4.69, 9.17) is 13.9 Å². The SMILES string of the molecule is Cc1oc2cc(OCC(=O)N3CCOCC3)ccc2c(=O)c1-c1ccccc1. The summed E-state index contributed by atoms with van der Waals surface area (Å²) in [5, 5.41) is 0.483. The van der Waals surface area contributed by atoms with Crippen LogP contribution >= 0.6 is 0 Å². The van der Waals surface area contributed by atoms with Gasteiger partial charge in [-0.05, 0) is 24.6 Å². The predicted molar refractivity (Wildman–Crippen MR) is 106 cm³/mol.